The van der Waals surface area contributed by atoms with Gasteiger partial charge in [0, 0.05) is 14.6 Å². The number of thioether (sulfide) groups is 1. The molecule has 1 aliphatic heterocycles. The number of hydrogen-bond donors (Lipinski definition) is 0. The van der Waals surface area contributed by atoms with Gasteiger partial charge in [-0.2, -0.15) is 0 Å². The van der Waals surface area contributed by atoms with Gasteiger partial charge in [-0.25, -0.2) is 0 Å². The highest BCUT2D eigenvalue weighted by Gasteiger charge is 2.23. The maximum atomic E-state index is 3.56. The molecule has 0 bridgehead atoms. The summed E-state index contributed by atoms with van der Waals surface area (Å²) in [4.78, 5) is 1.43. The molecule has 2 aromatic carbocycles. The number of halogens is 1. The fraction of sp³-hybridized carbons (Fsp3) is 0.294. The summed E-state index contributed by atoms with van der Waals surface area (Å²) >= 11 is 5.55. The van der Waals surface area contributed by atoms with Gasteiger partial charge in [-0.15, -0.1) is 11.8 Å². The Bertz CT molecular complexity index is 587. The molecule has 0 aromatic heterocycles. The van der Waals surface area contributed by atoms with Gasteiger partial charge < -0.3 is 0 Å². The molecule has 2 heteroatoms. The molecule has 0 fully saturated rings. The Kier molecular flexibility index (Phi) is 3.72. The first-order chi connectivity index (χ1) is 9.13. The zero-order valence-corrected chi connectivity index (χ0v) is 13.6. The van der Waals surface area contributed by atoms with Crippen LogP contribution in [-0.4, -0.2) is 0 Å². The van der Waals surface area contributed by atoms with Gasteiger partial charge in [-0.05, 0) is 47.2 Å². The fourth-order valence-corrected chi connectivity index (χ4v) is 4.21. The van der Waals surface area contributed by atoms with Crippen LogP contribution in [0, 0.1) is 0 Å². The van der Waals surface area contributed by atoms with Gasteiger partial charge in [-0.3, -0.25) is 0 Å². The van der Waals surface area contributed by atoms with E-state index in [0.717, 1.165) is 6.42 Å². The SMILES string of the molecule is CC(C)c1ccc(C2Cc3cc(Br)ccc3S2)cc1. The Balaban J connectivity index is 1.82. The largest absolute Gasteiger partial charge is 0.117 e. The normalized spacial score (nSPS) is 17.8. The van der Waals surface area contributed by atoms with Crippen molar-refractivity contribution in [3.05, 3.63) is 63.6 Å². The second-order valence-corrected chi connectivity index (χ2v) is 7.54. The van der Waals surface area contributed by atoms with E-state index in [1.54, 1.807) is 0 Å². The minimum atomic E-state index is 0.575. The van der Waals surface area contributed by atoms with Crippen molar-refractivity contribution >= 4 is 27.7 Å². The van der Waals surface area contributed by atoms with Crippen molar-refractivity contribution in [2.75, 3.05) is 0 Å². The molecule has 0 N–H and O–H groups in total. The van der Waals surface area contributed by atoms with Crippen LogP contribution in [0.4, 0.5) is 0 Å². The summed E-state index contributed by atoms with van der Waals surface area (Å²) < 4.78 is 1.18. The van der Waals surface area contributed by atoms with E-state index in [4.69, 9.17) is 0 Å². The summed E-state index contributed by atoms with van der Waals surface area (Å²) in [6.07, 6.45) is 1.14. The number of hydrogen-bond acceptors (Lipinski definition) is 1. The number of benzene rings is 2. The summed E-state index contributed by atoms with van der Waals surface area (Å²) in [5.74, 6) is 0.610. The van der Waals surface area contributed by atoms with Crippen LogP contribution < -0.4 is 0 Å². The minimum Gasteiger partial charge on any atom is -0.117 e. The Labute approximate surface area is 127 Å². The average molecular weight is 333 g/mol. The minimum absolute atomic E-state index is 0.575. The van der Waals surface area contributed by atoms with Crippen molar-refractivity contribution in [3.63, 3.8) is 0 Å². The van der Waals surface area contributed by atoms with Gasteiger partial charge in [0.05, 0.1) is 0 Å². The molecule has 0 radical (unpaired) electrons. The van der Waals surface area contributed by atoms with Crippen molar-refractivity contribution in [1.29, 1.82) is 0 Å². The standard InChI is InChI=1S/C17H17BrS/c1-11(2)12-3-5-13(6-4-12)17-10-14-9-15(18)7-8-16(14)19-17/h3-9,11,17H,10H2,1-2H3. The van der Waals surface area contributed by atoms with Gasteiger partial charge in [0.1, 0.15) is 0 Å². The molecule has 19 heavy (non-hydrogen) atoms. The highest BCUT2D eigenvalue weighted by atomic mass is 79.9. The lowest BCUT2D eigenvalue weighted by Gasteiger charge is -2.11. The Morgan fingerprint density at radius 1 is 1.11 bits per heavy atom. The molecule has 0 amide bonds. The zero-order chi connectivity index (χ0) is 13.4. The van der Waals surface area contributed by atoms with E-state index in [1.165, 1.54) is 26.1 Å². The Hall–Kier alpha value is -0.730. The molecule has 3 rings (SSSR count). The molecule has 1 atom stereocenters. The first kappa shape index (κ1) is 13.3. The van der Waals surface area contributed by atoms with Gasteiger partial charge in [-0.1, -0.05) is 54.0 Å². The first-order valence-corrected chi connectivity index (χ1v) is 8.35. The third-order valence-corrected chi connectivity index (χ3v) is 5.54. The van der Waals surface area contributed by atoms with Crippen molar-refractivity contribution in [1.82, 2.24) is 0 Å². The molecule has 0 nitrogen and oxygen atoms in total. The lowest BCUT2D eigenvalue weighted by molar-refractivity contribution is 0.862. The van der Waals surface area contributed by atoms with Crippen LogP contribution in [0.15, 0.2) is 51.8 Å². The summed E-state index contributed by atoms with van der Waals surface area (Å²) in [6, 6.07) is 15.8. The first-order valence-electron chi connectivity index (χ1n) is 6.68. The molecule has 1 heterocycles. The third kappa shape index (κ3) is 2.75. The summed E-state index contributed by atoms with van der Waals surface area (Å²) in [7, 11) is 0. The van der Waals surface area contributed by atoms with Crippen LogP contribution in [0.2, 0.25) is 0 Å². The van der Waals surface area contributed by atoms with Gasteiger partial charge in [0.15, 0.2) is 0 Å². The maximum Gasteiger partial charge on any atom is 0.0385 e. The van der Waals surface area contributed by atoms with Gasteiger partial charge in [0.2, 0.25) is 0 Å². The molecular weight excluding hydrogens is 316 g/mol. The fourth-order valence-electron chi connectivity index (χ4n) is 2.50. The third-order valence-electron chi connectivity index (χ3n) is 3.67. The van der Waals surface area contributed by atoms with E-state index < -0.39 is 0 Å². The molecule has 98 valence electrons. The monoisotopic (exact) mass is 332 g/mol. The van der Waals surface area contributed by atoms with Crippen LogP contribution in [0.25, 0.3) is 0 Å². The number of fused-ring (bicyclic) bond motifs is 1. The molecule has 1 unspecified atom stereocenters. The Morgan fingerprint density at radius 3 is 2.53 bits per heavy atom. The van der Waals surface area contributed by atoms with Crippen molar-refractivity contribution < 1.29 is 0 Å². The van der Waals surface area contributed by atoms with Crippen molar-refractivity contribution in [2.24, 2.45) is 0 Å². The van der Waals surface area contributed by atoms with Crippen LogP contribution in [0.5, 0.6) is 0 Å². The maximum absolute atomic E-state index is 3.56. The summed E-state index contributed by atoms with van der Waals surface area (Å²) in [5.41, 5.74) is 4.34. The molecule has 0 saturated carbocycles. The second-order valence-electron chi connectivity index (χ2n) is 5.38. The molecular formula is C17H17BrS. The van der Waals surface area contributed by atoms with E-state index in [-0.39, 0.29) is 0 Å². The lowest BCUT2D eigenvalue weighted by atomic mass is 9.99. The van der Waals surface area contributed by atoms with Crippen LogP contribution in [0.1, 0.15) is 41.7 Å². The molecule has 0 saturated heterocycles. The number of rotatable bonds is 2. The van der Waals surface area contributed by atoms with Crippen LogP contribution in [0.3, 0.4) is 0 Å². The molecule has 1 aliphatic rings. The van der Waals surface area contributed by atoms with Gasteiger partial charge >= 0.3 is 0 Å². The van der Waals surface area contributed by atoms with Crippen LogP contribution >= 0.6 is 27.7 Å². The molecule has 2 aromatic rings. The van der Waals surface area contributed by atoms with Crippen LogP contribution in [-0.2, 0) is 6.42 Å². The second kappa shape index (κ2) is 5.34. The van der Waals surface area contributed by atoms with E-state index in [1.807, 2.05) is 11.8 Å². The molecule has 0 aliphatic carbocycles. The van der Waals surface area contributed by atoms with E-state index >= 15 is 0 Å². The smallest absolute Gasteiger partial charge is 0.0385 e. The van der Waals surface area contributed by atoms with Gasteiger partial charge in [0.25, 0.3) is 0 Å². The molecule has 0 spiro atoms. The Morgan fingerprint density at radius 2 is 1.84 bits per heavy atom. The summed E-state index contributed by atoms with van der Waals surface area (Å²) in [6.45, 7) is 4.49. The predicted octanol–water partition coefficient (Wildman–Crippen LogP) is 5.96. The van der Waals surface area contributed by atoms with E-state index in [9.17, 15) is 0 Å². The zero-order valence-electron chi connectivity index (χ0n) is 11.2. The highest BCUT2D eigenvalue weighted by molar-refractivity contribution is 9.10. The quantitative estimate of drug-likeness (QED) is 0.653. The average Bonchev–Trinajstić information content (AvgIpc) is 2.81. The summed E-state index contributed by atoms with van der Waals surface area (Å²) in [5, 5.41) is 0.575. The predicted molar refractivity (Wildman–Crippen MR) is 87.0 cm³/mol. The van der Waals surface area contributed by atoms with Crippen molar-refractivity contribution in [2.45, 2.75) is 36.3 Å². The lowest BCUT2D eigenvalue weighted by Crippen LogP contribution is -1.94. The van der Waals surface area contributed by atoms with E-state index in [0.29, 0.717) is 11.2 Å². The van der Waals surface area contributed by atoms with Crippen molar-refractivity contribution in [3.8, 4) is 0 Å². The highest BCUT2D eigenvalue weighted by Crippen LogP contribution is 2.47. The van der Waals surface area contributed by atoms with E-state index in [2.05, 4.69) is 72.2 Å². The topological polar surface area (TPSA) is 0 Å².